The van der Waals surface area contributed by atoms with Crippen LogP contribution in [0.1, 0.15) is 11.1 Å². The van der Waals surface area contributed by atoms with Gasteiger partial charge in [0.25, 0.3) is 0 Å². The molecule has 2 nitrogen and oxygen atoms in total. The first-order valence-electron chi connectivity index (χ1n) is 7.87. The van der Waals surface area contributed by atoms with Crippen LogP contribution >= 0.6 is 0 Å². The molecular formula is C21H18N2. The van der Waals surface area contributed by atoms with Gasteiger partial charge in [0.15, 0.2) is 0 Å². The van der Waals surface area contributed by atoms with Gasteiger partial charge >= 0.3 is 0 Å². The molecule has 0 N–H and O–H groups in total. The summed E-state index contributed by atoms with van der Waals surface area (Å²) >= 11 is 0. The van der Waals surface area contributed by atoms with Crippen molar-refractivity contribution in [3.8, 4) is 11.4 Å². The van der Waals surface area contributed by atoms with Gasteiger partial charge in [0.05, 0.1) is 11.0 Å². The van der Waals surface area contributed by atoms with E-state index in [2.05, 4.69) is 84.3 Å². The average molecular weight is 298 g/mol. The molecule has 0 aliphatic rings. The minimum absolute atomic E-state index is 0.824. The van der Waals surface area contributed by atoms with Crippen LogP contribution in [0.25, 0.3) is 22.4 Å². The first kappa shape index (κ1) is 13.8. The third-order valence-electron chi connectivity index (χ3n) is 4.15. The summed E-state index contributed by atoms with van der Waals surface area (Å²) in [6.45, 7) is 2.93. The molecule has 3 aromatic carbocycles. The van der Waals surface area contributed by atoms with Crippen LogP contribution in [0.2, 0.25) is 0 Å². The van der Waals surface area contributed by atoms with E-state index in [0.717, 1.165) is 23.4 Å². The van der Waals surface area contributed by atoms with Gasteiger partial charge in [0.1, 0.15) is 5.82 Å². The molecule has 4 aromatic rings. The van der Waals surface area contributed by atoms with Gasteiger partial charge in [-0.3, -0.25) is 0 Å². The average Bonchev–Trinajstić information content (AvgIpc) is 2.95. The number of aromatic nitrogens is 2. The van der Waals surface area contributed by atoms with E-state index in [-0.39, 0.29) is 0 Å². The highest BCUT2D eigenvalue weighted by molar-refractivity contribution is 5.80. The molecule has 0 spiro atoms. The van der Waals surface area contributed by atoms with Crippen LogP contribution in [0.15, 0.2) is 78.9 Å². The summed E-state index contributed by atoms with van der Waals surface area (Å²) in [5.41, 5.74) is 5.91. The van der Waals surface area contributed by atoms with Crippen LogP contribution in [0.5, 0.6) is 0 Å². The Kier molecular flexibility index (Phi) is 3.43. The lowest BCUT2D eigenvalue weighted by Gasteiger charge is -2.10. The minimum atomic E-state index is 0.824. The maximum Gasteiger partial charge on any atom is 0.141 e. The van der Waals surface area contributed by atoms with Crippen molar-refractivity contribution in [2.24, 2.45) is 0 Å². The van der Waals surface area contributed by atoms with Gasteiger partial charge in [-0.15, -0.1) is 0 Å². The molecule has 0 unspecified atom stereocenters. The van der Waals surface area contributed by atoms with E-state index in [0.29, 0.717) is 0 Å². The van der Waals surface area contributed by atoms with E-state index in [1.807, 2.05) is 6.07 Å². The summed E-state index contributed by atoms with van der Waals surface area (Å²) in [5, 5.41) is 0. The fourth-order valence-electron chi connectivity index (χ4n) is 2.92. The third-order valence-corrected chi connectivity index (χ3v) is 4.15. The number of benzene rings is 3. The molecule has 23 heavy (non-hydrogen) atoms. The molecule has 0 saturated carbocycles. The normalized spacial score (nSPS) is 11.0. The van der Waals surface area contributed by atoms with Crippen LogP contribution in [-0.2, 0) is 6.54 Å². The van der Waals surface area contributed by atoms with Crippen molar-refractivity contribution < 1.29 is 0 Å². The largest absolute Gasteiger partial charge is 0.319 e. The van der Waals surface area contributed by atoms with Crippen molar-refractivity contribution in [2.75, 3.05) is 0 Å². The maximum atomic E-state index is 4.87. The van der Waals surface area contributed by atoms with Crippen LogP contribution in [-0.4, -0.2) is 9.55 Å². The van der Waals surface area contributed by atoms with Gasteiger partial charge in [0.2, 0.25) is 0 Å². The van der Waals surface area contributed by atoms with Gasteiger partial charge < -0.3 is 4.57 Å². The second kappa shape index (κ2) is 5.73. The molecular weight excluding hydrogens is 280 g/mol. The number of fused-ring (bicyclic) bond motifs is 1. The molecule has 0 bridgehead atoms. The van der Waals surface area contributed by atoms with E-state index >= 15 is 0 Å². The topological polar surface area (TPSA) is 17.8 Å². The first-order valence-corrected chi connectivity index (χ1v) is 7.87. The molecule has 4 rings (SSSR count). The standard InChI is InChI=1S/C21H18N2/c1-16-11-13-18(14-12-16)21-22-19-9-5-6-10-20(19)23(21)15-17-7-3-2-4-8-17/h2-14H,15H2,1H3. The van der Waals surface area contributed by atoms with E-state index < -0.39 is 0 Å². The molecule has 0 fully saturated rings. The summed E-state index contributed by atoms with van der Waals surface area (Å²) in [6.07, 6.45) is 0. The van der Waals surface area contributed by atoms with E-state index in [1.165, 1.54) is 16.6 Å². The number of imidazole rings is 1. The molecule has 0 saturated heterocycles. The first-order chi connectivity index (χ1) is 11.3. The Labute approximate surface area is 136 Å². The van der Waals surface area contributed by atoms with Crippen molar-refractivity contribution in [1.82, 2.24) is 9.55 Å². The summed E-state index contributed by atoms with van der Waals surface area (Å²) in [6, 6.07) is 27.5. The van der Waals surface area contributed by atoms with Gasteiger partial charge in [-0.25, -0.2) is 4.98 Å². The molecule has 0 aliphatic carbocycles. The zero-order valence-electron chi connectivity index (χ0n) is 13.1. The summed E-state index contributed by atoms with van der Waals surface area (Å²) in [4.78, 5) is 4.87. The molecule has 2 heteroatoms. The second-order valence-corrected chi connectivity index (χ2v) is 5.86. The summed E-state index contributed by atoms with van der Waals surface area (Å²) in [5.74, 6) is 1.02. The van der Waals surface area contributed by atoms with E-state index in [4.69, 9.17) is 4.98 Å². The monoisotopic (exact) mass is 298 g/mol. The maximum absolute atomic E-state index is 4.87. The second-order valence-electron chi connectivity index (χ2n) is 5.86. The highest BCUT2D eigenvalue weighted by Crippen LogP contribution is 2.26. The predicted octanol–water partition coefficient (Wildman–Crippen LogP) is 5.06. The van der Waals surface area contributed by atoms with Crippen LogP contribution < -0.4 is 0 Å². The van der Waals surface area contributed by atoms with Crippen molar-refractivity contribution in [2.45, 2.75) is 13.5 Å². The predicted molar refractivity (Wildman–Crippen MR) is 95.5 cm³/mol. The van der Waals surface area contributed by atoms with E-state index in [9.17, 15) is 0 Å². The number of hydrogen-bond donors (Lipinski definition) is 0. The fourth-order valence-corrected chi connectivity index (χ4v) is 2.92. The lowest BCUT2D eigenvalue weighted by atomic mass is 10.1. The third kappa shape index (κ3) is 2.64. The van der Waals surface area contributed by atoms with Gasteiger partial charge in [-0.2, -0.15) is 0 Å². The Morgan fingerprint density at radius 2 is 1.48 bits per heavy atom. The number of hydrogen-bond acceptors (Lipinski definition) is 1. The lowest BCUT2D eigenvalue weighted by molar-refractivity contribution is 0.834. The molecule has 1 aromatic heterocycles. The number of aryl methyl sites for hydroxylation is 1. The highest BCUT2D eigenvalue weighted by Gasteiger charge is 2.12. The minimum Gasteiger partial charge on any atom is -0.319 e. The molecule has 0 aliphatic heterocycles. The Balaban J connectivity index is 1.89. The lowest BCUT2D eigenvalue weighted by Crippen LogP contribution is -2.02. The van der Waals surface area contributed by atoms with Crippen molar-refractivity contribution >= 4 is 11.0 Å². The number of rotatable bonds is 3. The summed E-state index contributed by atoms with van der Waals surface area (Å²) < 4.78 is 2.30. The Morgan fingerprint density at radius 3 is 2.26 bits per heavy atom. The Hall–Kier alpha value is -2.87. The van der Waals surface area contributed by atoms with Crippen LogP contribution in [0, 0.1) is 6.92 Å². The SMILES string of the molecule is Cc1ccc(-c2nc3ccccc3n2Cc2ccccc2)cc1. The highest BCUT2D eigenvalue weighted by atomic mass is 15.1. The zero-order chi connectivity index (χ0) is 15.6. The zero-order valence-corrected chi connectivity index (χ0v) is 13.1. The molecule has 1 heterocycles. The Morgan fingerprint density at radius 1 is 0.783 bits per heavy atom. The van der Waals surface area contributed by atoms with Gasteiger partial charge in [-0.1, -0.05) is 72.3 Å². The van der Waals surface area contributed by atoms with Crippen LogP contribution in [0.3, 0.4) is 0 Å². The molecule has 0 atom stereocenters. The molecule has 0 radical (unpaired) electrons. The summed E-state index contributed by atoms with van der Waals surface area (Å²) in [7, 11) is 0. The number of nitrogens with zero attached hydrogens (tertiary/aromatic N) is 2. The van der Waals surface area contributed by atoms with Crippen molar-refractivity contribution in [3.05, 3.63) is 90.0 Å². The van der Waals surface area contributed by atoms with E-state index in [1.54, 1.807) is 0 Å². The van der Waals surface area contributed by atoms with Crippen LogP contribution in [0.4, 0.5) is 0 Å². The van der Waals surface area contributed by atoms with Crippen molar-refractivity contribution in [3.63, 3.8) is 0 Å². The van der Waals surface area contributed by atoms with Gasteiger partial charge in [-0.05, 0) is 24.6 Å². The smallest absolute Gasteiger partial charge is 0.141 e. The molecule has 0 amide bonds. The van der Waals surface area contributed by atoms with Gasteiger partial charge in [0, 0.05) is 12.1 Å². The Bertz CT molecular complexity index is 935. The molecule has 112 valence electrons. The fraction of sp³-hybridized carbons (Fsp3) is 0.0952. The number of para-hydroxylation sites is 2. The van der Waals surface area contributed by atoms with Crippen molar-refractivity contribution in [1.29, 1.82) is 0 Å². The quantitative estimate of drug-likeness (QED) is 0.517.